The molecule has 0 unspecified atom stereocenters. The van der Waals surface area contributed by atoms with Crippen LogP contribution in [-0.2, 0) is 14.3 Å². The fraction of sp³-hybridized carbons (Fsp3) is 0.933. The molecular formula is C15H28O4. The number of carboxylic acid groups (broad SMARTS) is 1. The molecule has 0 radical (unpaired) electrons. The van der Waals surface area contributed by atoms with Crippen LogP contribution in [0.5, 0.6) is 0 Å². The zero-order chi connectivity index (χ0) is 13.8. The standard InChI is InChI=1S/C15H28O4/c16-15(17)10-8-6-4-2-1-3-5-7-9-14-13-18-11-12-19-14/h14H,1-13H2,(H,16,17)/t14-/m1/s1. The van der Waals surface area contributed by atoms with Gasteiger partial charge in [-0.3, -0.25) is 4.79 Å². The molecule has 112 valence electrons. The predicted octanol–water partition coefficient (Wildman–Crippen LogP) is 3.39. The minimum absolute atomic E-state index is 0.323. The second-order valence-corrected chi connectivity index (χ2v) is 5.33. The lowest BCUT2D eigenvalue weighted by atomic mass is 10.0. The number of aliphatic carboxylic acids is 1. The average Bonchev–Trinajstić information content (AvgIpc) is 2.42. The minimum atomic E-state index is -0.672. The number of carbonyl (C=O) groups is 1. The highest BCUT2D eigenvalue weighted by Crippen LogP contribution is 2.13. The van der Waals surface area contributed by atoms with Gasteiger partial charge in [-0.2, -0.15) is 0 Å². The molecule has 0 bridgehead atoms. The molecule has 1 atom stereocenters. The molecule has 1 fully saturated rings. The molecule has 1 aliphatic rings. The van der Waals surface area contributed by atoms with Crippen molar-refractivity contribution < 1.29 is 19.4 Å². The van der Waals surface area contributed by atoms with E-state index in [9.17, 15) is 4.79 Å². The first-order valence-electron chi connectivity index (χ1n) is 7.70. The van der Waals surface area contributed by atoms with Gasteiger partial charge in [-0.15, -0.1) is 0 Å². The van der Waals surface area contributed by atoms with E-state index in [1.165, 1.54) is 38.5 Å². The summed E-state index contributed by atoms with van der Waals surface area (Å²) in [6.07, 6.45) is 11.1. The van der Waals surface area contributed by atoms with E-state index in [-0.39, 0.29) is 0 Å². The molecule has 1 heterocycles. The summed E-state index contributed by atoms with van der Waals surface area (Å²) in [5.41, 5.74) is 0. The molecule has 0 aromatic carbocycles. The lowest BCUT2D eigenvalue weighted by Gasteiger charge is -2.22. The summed E-state index contributed by atoms with van der Waals surface area (Å²) >= 11 is 0. The van der Waals surface area contributed by atoms with Crippen LogP contribution in [0.15, 0.2) is 0 Å². The Labute approximate surface area is 116 Å². The maximum Gasteiger partial charge on any atom is 0.303 e. The van der Waals surface area contributed by atoms with Crippen molar-refractivity contribution in [3.63, 3.8) is 0 Å². The Hall–Kier alpha value is -0.610. The molecule has 4 nitrogen and oxygen atoms in total. The van der Waals surface area contributed by atoms with Crippen molar-refractivity contribution in [1.82, 2.24) is 0 Å². The quantitative estimate of drug-likeness (QED) is 0.586. The number of ether oxygens (including phenoxy) is 2. The zero-order valence-corrected chi connectivity index (χ0v) is 11.9. The first-order chi connectivity index (χ1) is 9.29. The fourth-order valence-corrected chi connectivity index (χ4v) is 2.41. The monoisotopic (exact) mass is 272 g/mol. The van der Waals surface area contributed by atoms with E-state index in [4.69, 9.17) is 14.6 Å². The van der Waals surface area contributed by atoms with Crippen molar-refractivity contribution in [3.8, 4) is 0 Å². The molecule has 4 heteroatoms. The minimum Gasteiger partial charge on any atom is -0.481 e. The molecule has 0 amide bonds. The lowest BCUT2D eigenvalue weighted by Crippen LogP contribution is -2.28. The Balaban J connectivity index is 1.74. The Kier molecular flexibility index (Phi) is 9.72. The summed E-state index contributed by atoms with van der Waals surface area (Å²) in [5, 5.41) is 8.50. The van der Waals surface area contributed by atoms with Crippen LogP contribution in [0, 0.1) is 0 Å². The second kappa shape index (κ2) is 11.2. The third-order valence-electron chi connectivity index (χ3n) is 3.55. The van der Waals surface area contributed by atoms with E-state index in [0.717, 1.165) is 39.1 Å². The van der Waals surface area contributed by atoms with Gasteiger partial charge in [0.25, 0.3) is 0 Å². The summed E-state index contributed by atoms with van der Waals surface area (Å²) < 4.78 is 11.0. The Bertz CT molecular complexity index is 224. The normalized spacial score (nSPS) is 19.5. The van der Waals surface area contributed by atoms with Gasteiger partial charge < -0.3 is 14.6 Å². The van der Waals surface area contributed by atoms with Crippen LogP contribution in [0.1, 0.15) is 64.2 Å². The third kappa shape index (κ3) is 9.91. The fourth-order valence-electron chi connectivity index (χ4n) is 2.41. The van der Waals surface area contributed by atoms with Gasteiger partial charge in [0, 0.05) is 6.42 Å². The highest BCUT2D eigenvalue weighted by Gasteiger charge is 2.13. The SMILES string of the molecule is O=C(O)CCCCCCCCCC[C@@H]1COCCO1. The van der Waals surface area contributed by atoms with E-state index in [2.05, 4.69) is 0 Å². The predicted molar refractivity (Wildman–Crippen MR) is 74.4 cm³/mol. The average molecular weight is 272 g/mol. The molecular weight excluding hydrogens is 244 g/mol. The molecule has 0 aromatic rings. The van der Waals surface area contributed by atoms with Crippen molar-refractivity contribution in [3.05, 3.63) is 0 Å². The van der Waals surface area contributed by atoms with Crippen LogP contribution >= 0.6 is 0 Å². The zero-order valence-electron chi connectivity index (χ0n) is 11.9. The van der Waals surface area contributed by atoms with Gasteiger partial charge in [-0.25, -0.2) is 0 Å². The lowest BCUT2D eigenvalue weighted by molar-refractivity contribution is -0.137. The summed E-state index contributed by atoms with van der Waals surface area (Å²) in [4.78, 5) is 10.3. The maximum absolute atomic E-state index is 10.3. The van der Waals surface area contributed by atoms with Crippen LogP contribution in [0.3, 0.4) is 0 Å². The summed E-state index contributed by atoms with van der Waals surface area (Å²) in [6.45, 7) is 2.27. The molecule has 19 heavy (non-hydrogen) atoms. The van der Waals surface area contributed by atoms with Crippen molar-refractivity contribution in [1.29, 1.82) is 0 Å². The van der Waals surface area contributed by atoms with E-state index in [1.807, 2.05) is 0 Å². The topological polar surface area (TPSA) is 55.8 Å². The second-order valence-electron chi connectivity index (χ2n) is 5.33. The number of hydrogen-bond acceptors (Lipinski definition) is 3. The first-order valence-corrected chi connectivity index (χ1v) is 7.70. The molecule has 1 N–H and O–H groups in total. The maximum atomic E-state index is 10.3. The van der Waals surface area contributed by atoms with E-state index in [0.29, 0.717) is 12.5 Å². The summed E-state index contributed by atoms with van der Waals surface area (Å²) in [6, 6.07) is 0. The van der Waals surface area contributed by atoms with Gasteiger partial charge in [0.2, 0.25) is 0 Å². The van der Waals surface area contributed by atoms with Gasteiger partial charge in [0.05, 0.1) is 25.9 Å². The van der Waals surface area contributed by atoms with Crippen molar-refractivity contribution in [2.24, 2.45) is 0 Å². The van der Waals surface area contributed by atoms with Gasteiger partial charge in [0.15, 0.2) is 0 Å². The summed E-state index contributed by atoms with van der Waals surface area (Å²) in [5.74, 6) is -0.672. The molecule has 0 aromatic heterocycles. The molecule has 1 aliphatic heterocycles. The van der Waals surface area contributed by atoms with Gasteiger partial charge >= 0.3 is 5.97 Å². The molecule has 0 spiro atoms. The van der Waals surface area contributed by atoms with Gasteiger partial charge in [0.1, 0.15) is 0 Å². The molecule has 1 saturated heterocycles. The highest BCUT2D eigenvalue weighted by molar-refractivity contribution is 5.66. The smallest absolute Gasteiger partial charge is 0.303 e. The Morgan fingerprint density at radius 1 is 0.947 bits per heavy atom. The Morgan fingerprint density at radius 2 is 1.58 bits per heavy atom. The highest BCUT2D eigenvalue weighted by atomic mass is 16.6. The van der Waals surface area contributed by atoms with Crippen LogP contribution < -0.4 is 0 Å². The third-order valence-corrected chi connectivity index (χ3v) is 3.55. The van der Waals surface area contributed by atoms with Crippen LogP contribution in [0.2, 0.25) is 0 Å². The molecule has 1 rings (SSSR count). The van der Waals surface area contributed by atoms with Crippen molar-refractivity contribution >= 4 is 5.97 Å². The molecule has 0 saturated carbocycles. The van der Waals surface area contributed by atoms with Gasteiger partial charge in [-0.1, -0.05) is 44.9 Å². The number of carboxylic acids is 1. The van der Waals surface area contributed by atoms with Crippen LogP contribution in [0.4, 0.5) is 0 Å². The number of unbranched alkanes of at least 4 members (excludes halogenated alkanes) is 7. The van der Waals surface area contributed by atoms with Crippen LogP contribution in [0.25, 0.3) is 0 Å². The van der Waals surface area contributed by atoms with E-state index >= 15 is 0 Å². The van der Waals surface area contributed by atoms with Crippen molar-refractivity contribution in [2.75, 3.05) is 19.8 Å². The van der Waals surface area contributed by atoms with Gasteiger partial charge in [-0.05, 0) is 12.8 Å². The van der Waals surface area contributed by atoms with Crippen molar-refractivity contribution in [2.45, 2.75) is 70.3 Å². The first kappa shape index (κ1) is 16.4. The number of rotatable bonds is 11. The molecule has 0 aliphatic carbocycles. The largest absolute Gasteiger partial charge is 0.481 e. The Morgan fingerprint density at radius 3 is 2.16 bits per heavy atom. The van der Waals surface area contributed by atoms with E-state index < -0.39 is 5.97 Å². The summed E-state index contributed by atoms with van der Waals surface area (Å²) in [7, 11) is 0. The van der Waals surface area contributed by atoms with Crippen LogP contribution in [-0.4, -0.2) is 37.0 Å². The number of hydrogen-bond donors (Lipinski definition) is 1. The van der Waals surface area contributed by atoms with E-state index in [1.54, 1.807) is 0 Å².